The lowest BCUT2D eigenvalue weighted by Gasteiger charge is -2.37. The lowest BCUT2D eigenvalue weighted by molar-refractivity contribution is -0.125. The molecule has 2 heterocycles. The molecule has 1 aromatic rings. The van der Waals surface area contributed by atoms with Crippen LogP contribution >= 0.6 is 11.8 Å². The van der Waals surface area contributed by atoms with Crippen molar-refractivity contribution in [3.05, 3.63) is 24.0 Å². The van der Waals surface area contributed by atoms with Gasteiger partial charge in [0.1, 0.15) is 11.6 Å². The van der Waals surface area contributed by atoms with Crippen LogP contribution in [-0.2, 0) is 4.79 Å². The van der Waals surface area contributed by atoms with Crippen molar-refractivity contribution in [1.82, 2.24) is 9.80 Å². The van der Waals surface area contributed by atoms with Crippen molar-refractivity contribution >= 4 is 29.3 Å². The van der Waals surface area contributed by atoms with Crippen LogP contribution < -0.4 is 4.90 Å². The smallest absolute Gasteiger partial charge is 0.407 e. The Morgan fingerprint density at radius 2 is 1.81 bits per heavy atom. The second-order valence-corrected chi connectivity index (χ2v) is 7.94. The molecule has 2 aliphatic heterocycles. The third-order valence-corrected chi connectivity index (χ3v) is 6.24. The third-order valence-electron chi connectivity index (χ3n) is 5.47. The number of hydrogen-bond acceptors (Lipinski definition) is 5. The maximum atomic E-state index is 14.0. The normalized spacial score (nSPS) is 19.3. The Hall–Kier alpha value is -1.80. The highest BCUT2D eigenvalue weighted by atomic mass is 32.2. The Bertz CT molecular complexity index is 687. The number of carbonyl (C=O) groups excluding carboxylic acids is 1. The monoisotopic (exact) mass is 395 g/mol. The molecule has 148 valence electrons. The van der Waals surface area contributed by atoms with E-state index in [0.29, 0.717) is 37.4 Å². The van der Waals surface area contributed by atoms with Gasteiger partial charge in [-0.25, -0.2) is 9.18 Å². The minimum absolute atomic E-state index is 0.0354. The maximum absolute atomic E-state index is 14.0. The fourth-order valence-corrected chi connectivity index (χ4v) is 4.22. The molecule has 0 atom stereocenters. The van der Waals surface area contributed by atoms with E-state index in [1.165, 1.54) is 16.7 Å². The first-order chi connectivity index (χ1) is 13.0. The van der Waals surface area contributed by atoms with Gasteiger partial charge < -0.3 is 14.9 Å². The summed E-state index contributed by atoms with van der Waals surface area (Å²) in [5, 5.41) is 8.99. The molecule has 0 bridgehead atoms. The van der Waals surface area contributed by atoms with Crippen molar-refractivity contribution < 1.29 is 19.1 Å². The SMILES string of the molecule is CSc1ccc(N2CCN(CC(=O)C3CCN(C(=O)O)CC3)CC2)cc1F. The number of carbonyl (C=O) groups is 2. The minimum atomic E-state index is -0.904. The molecular weight excluding hydrogens is 369 g/mol. The number of anilines is 1. The first kappa shape index (κ1) is 19.9. The quantitative estimate of drug-likeness (QED) is 0.774. The minimum Gasteiger partial charge on any atom is -0.465 e. The van der Waals surface area contributed by atoms with Gasteiger partial charge in [-0.1, -0.05) is 0 Å². The first-order valence-corrected chi connectivity index (χ1v) is 10.5. The number of piperazine rings is 1. The molecule has 6 nitrogen and oxygen atoms in total. The number of hydrogen-bond donors (Lipinski definition) is 1. The fraction of sp³-hybridized carbons (Fsp3) is 0.579. The summed E-state index contributed by atoms with van der Waals surface area (Å²) in [5.41, 5.74) is 0.886. The van der Waals surface area contributed by atoms with Crippen molar-refractivity contribution in [3.63, 3.8) is 0 Å². The number of piperidine rings is 1. The fourth-order valence-electron chi connectivity index (χ4n) is 3.76. The van der Waals surface area contributed by atoms with Crippen LogP contribution in [0.1, 0.15) is 12.8 Å². The first-order valence-electron chi connectivity index (χ1n) is 9.29. The van der Waals surface area contributed by atoms with Gasteiger partial charge in [0.15, 0.2) is 0 Å². The van der Waals surface area contributed by atoms with Crippen LogP contribution in [0.4, 0.5) is 14.9 Å². The van der Waals surface area contributed by atoms with Crippen LogP contribution in [0.25, 0.3) is 0 Å². The summed E-state index contributed by atoms with van der Waals surface area (Å²) in [6.45, 7) is 4.38. The second-order valence-electron chi connectivity index (χ2n) is 7.09. The van der Waals surface area contributed by atoms with E-state index in [0.717, 1.165) is 31.9 Å². The van der Waals surface area contributed by atoms with Crippen LogP contribution in [0, 0.1) is 11.7 Å². The maximum Gasteiger partial charge on any atom is 0.407 e. The highest BCUT2D eigenvalue weighted by molar-refractivity contribution is 7.98. The van der Waals surface area contributed by atoms with Crippen molar-refractivity contribution in [1.29, 1.82) is 0 Å². The number of Topliss-reactive ketones (excluding diaryl/α,β-unsaturated/α-hetero) is 1. The van der Waals surface area contributed by atoms with Crippen LogP contribution in [-0.4, -0.2) is 78.9 Å². The van der Waals surface area contributed by atoms with Crippen molar-refractivity contribution in [2.45, 2.75) is 17.7 Å². The van der Waals surface area contributed by atoms with E-state index < -0.39 is 6.09 Å². The van der Waals surface area contributed by atoms with Gasteiger partial charge in [-0.2, -0.15) is 0 Å². The lowest BCUT2D eigenvalue weighted by Crippen LogP contribution is -2.49. The lowest BCUT2D eigenvalue weighted by atomic mass is 9.92. The molecule has 2 aliphatic rings. The Kier molecular flexibility index (Phi) is 6.59. The summed E-state index contributed by atoms with van der Waals surface area (Å²) < 4.78 is 14.0. The standard InChI is InChI=1S/C19H26FN3O3S/c1-27-18-3-2-15(12-16(18)20)22-10-8-21(9-11-22)13-17(24)14-4-6-23(7-5-14)19(25)26/h2-3,12,14H,4-11,13H2,1H3,(H,25,26). The van der Waals surface area contributed by atoms with Gasteiger partial charge in [-0.05, 0) is 37.3 Å². The number of halogens is 1. The molecule has 0 aromatic heterocycles. The molecule has 3 rings (SSSR count). The Morgan fingerprint density at radius 1 is 1.15 bits per heavy atom. The van der Waals surface area contributed by atoms with Gasteiger partial charge >= 0.3 is 6.09 Å². The summed E-state index contributed by atoms with van der Waals surface area (Å²) >= 11 is 1.40. The zero-order chi connectivity index (χ0) is 19.4. The summed E-state index contributed by atoms with van der Waals surface area (Å²) in [6.07, 6.45) is 2.19. The molecule has 0 saturated carbocycles. The van der Waals surface area contributed by atoms with Crippen molar-refractivity contribution in [2.24, 2.45) is 5.92 Å². The topological polar surface area (TPSA) is 64.1 Å². The van der Waals surface area contributed by atoms with Gasteiger partial charge in [-0.3, -0.25) is 9.69 Å². The zero-order valence-electron chi connectivity index (χ0n) is 15.6. The number of ketones is 1. The van der Waals surface area contributed by atoms with E-state index >= 15 is 0 Å². The largest absolute Gasteiger partial charge is 0.465 e. The van der Waals surface area contributed by atoms with Crippen molar-refractivity contribution in [2.75, 3.05) is 57.0 Å². The number of benzene rings is 1. The number of likely N-dealkylation sites (tertiary alicyclic amines) is 1. The van der Waals surface area contributed by atoms with Gasteiger partial charge in [-0.15, -0.1) is 11.8 Å². The van der Waals surface area contributed by atoms with Gasteiger partial charge in [0.05, 0.1) is 6.54 Å². The Morgan fingerprint density at radius 3 is 2.37 bits per heavy atom. The third kappa shape index (κ3) is 4.93. The van der Waals surface area contributed by atoms with E-state index in [2.05, 4.69) is 9.80 Å². The van der Waals surface area contributed by atoms with Crippen LogP contribution in [0.5, 0.6) is 0 Å². The number of nitrogens with zero attached hydrogens (tertiary/aromatic N) is 3. The molecule has 0 aliphatic carbocycles. The van der Waals surface area contributed by atoms with E-state index in [1.807, 2.05) is 18.4 Å². The molecule has 1 N–H and O–H groups in total. The summed E-state index contributed by atoms with van der Waals surface area (Å²) in [7, 11) is 0. The Balaban J connectivity index is 1.46. The molecule has 1 aromatic carbocycles. The van der Waals surface area contributed by atoms with Crippen LogP contribution in [0.15, 0.2) is 23.1 Å². The molecule has 8 heteroatoms. The summed E-state index contributed by atoms with van der Waals surface area (Å²) in [6, 6.07) is 5.35. The molecular formula is C19H26FN3O3S. The zero-order valence-corrected chi connectivity index (χ0v) is 16.4. The predicted molar refractivity (Wildman–Crippen MR) is 104 cm³/mol. The van der Waals surface area contributed by atoms with E-state index in [4.69, 9.17) is 5.11 Å². The van der Waals surface area contributed by atoms with Gasteiger partial charge in [0.2, 0.25) is 0 Å². The van der Waals surface area contributed by atoms with E-state index in [-0.39, 0.29) is 17.5 Å². The molecule has 2 saturated heterocycles. The van der Waals surface area contributed by atoms with Crippen molar-refractivity contribution in [3.8, 4) is 0 Å². The summed E-state index contributed by atoms with van der Waals surface area (Å²) in [5.74, 6) is -0.0130. The number of rotatable bonds is 5. The molecule has 0 radical (unpaired) electrons. The highest BCUT2D eigenvalue weighted by Crippen LogP contribution is 2.25. The molecule has 27 heavy (non-hydrogen) atoms. The van der Waals surface area contributed by atoms with Crippen LogP contribution in [0.2, 0.25) is 0 Å². The van der Waals surface area contributed by atoms with Gasteiger partial charge in [0, 0.05) is 55.8 Å². The van der Waals surface area contributed by atoms with E-state index in [1.54, 1.807) is 6.07 Å². The number of carboxylic acid groups (broad SMARTS) is 1. The molecule has 1 amide bonds. The number of amides is 1. The van der Waals surface area contributed by atoms with E-state index in [9.17, 15) is 14.0 Å². The predicted octanol–water partition coefficient (Wildman–Crippen LogP) is 2.63. The second kappa shape index (κ2) is 8.93. The molecule has 0 spiro atoms. The summed E-state index contributed by atoms with van der Waals surface area (Å²) in [4.78, 5) is 29.8. The van der Waals surface area contributed by atoms with Gasteiger partial charge in [0.25, 0.3) is 0 Å². The van der Waals surface area contributed by atoms with Crippen LogP contribution in [0.3, 0.4) is 0 Å². The Labute approximate surface area is 163 Å². The molecule has 2 fully saturated rings. The average Bonchev–Trinajstić information content (AvgIpc) is 2.68. The average molecular weight is 396 g/mol. The highest BCUT2D eigenvalue weighted by Gasteiger charge is 2.29. The molecule has 0 unspecified atom stereocenters. The number of thioether (sulfide) groups is 1.